The number of aromatic nitrogens is 2. The molecule has 4 aromatic rings. The average Bonchev–Trinajstić information content (AvgIpc) is 3.52. The van der Waals surface area contributed by atoms with Gasteiger partial charge in [-0.05, 0) is 70.6 Å². The number of furan rings is 1. The van der Waals surface area contributed by atoms with Crippen LogP contribution in [0.15, 0.2) is 41.1 Å². The second-order valence-electron chi connectivity index (χ2n) is 10.2. The Labute approximate surface area is 209 Å². The summed E-state index contributed by atoms with van der Waals surface area (Å²) in [6.07, 6.45) is 6.82. The number of likely N-dealkylation sites (tertiary alicyclic amines) is 1. The lowest BCUT2D eigenvalue weighted by atomic mass is 9.94. The van der Waals surface area contributed by atoms with Crippen molar-refractivity contribution < 1.29 is 18.7 Å². The monoisotopic (exact) mass is 486 g/mol. The molecule has 1 aliphatic heterocycles. The number of hydrogen-bond acceptors (Lipinski definition) is 5. The Morgan fingerprint density at radius 2 is 1.94 bits per heavy atom. The molecular weight excluding hydrogens is 456 g/mol. The Kier molecular flexibility index (Phi) is 5.28. The summed E-state index contributed by atoms with van der Waals surface area (Å²) < 4.78 is 13.9. The molecule has 2 aliphatic rings. The van der Waals surface area contributed by atoms with E-state index in [0.717, 1.165) is 22.9 Å². The van der Waals surface area contributed by atoms with E-state index >= 15 is 0 Å². The lowest BCUT2D eigenvalue weighted by molar-refractivity contribution is 0.0265. The summed E-state index contributed by atoms with van der Waals surface area (Å²) in [5.41, 5.74) is 3.38. The van der Waals surface area contributed by atoms with Crippen LogP contribution in [0.4, 0.5) is 0 Å². The van der Waals surface area contributed by atoms with E-state index in [1.807, 2.05) is 24.0 Å². The van der Waals surface area contributed by atoms with Gasteiger partial charge in [-0.15, -0.1) is 0 Å². The number of ether oxygens (including phenoxy) is 1. The lowest BCUT2D eigenvalue weighted by Gasteiger charge is -2.45. The van der Waals surface area contributed by atoms with Gasteiger partial charge in [0.05, 0.1) is 17.3 Å². The maximum absolute atomic E-state index is 13.2. The summed E-state index contributed by atoms with van der Waals surface area (Å²) in [7, 11) is 0. The Balaban J connectivity index is 1.30. The Hall–Kier alpha value is -3.81. The molecule has 6 rings (SSSR count). The first-order valence-corrected chi connectivity index (χ1v) is 12.6. The van der Waals surface area contributed by atoms with Gasteiger partial charge < -0.3 is 19.4 Å². The third-order valence-electron chi connectivity index (χ3n) is 7.53. The number of nitrogens with one attached hydrogen (secondary N) is 1. The normalized spacial score (nSPS) is 19.5. The summed E-state index contributed by atoms with van der Waals surface area (Å²) >= 11 is 0. The first kappa shape index (κ1) is 22.6. The number of hydrogen-bond donors (Lipinski definition) is 1. The van der Waals surface area contributed by atoms with E-state index in [2.05, 4.69) is 24.3 Å². The minimum atomic E-state index is -0.102. The number of carbonyl (C=O) groups excluding carboxylic acids is 2. The molecule has 4 heterocycles. The van der Waals surface area contributed by atoms with Gasteiger partial charge in [0.1, 0.15) is 22.6 Å². The van der Waals surface area contributed by atoms with Crippen molar-refractivity contribution in [2.75, 3.05) is 6.54 Å². The van der Waals surface area contributed by atoms with Crippen LogP contribution in [0, 0.1) is 19.8 Å². The molecule has 0 unspecified atom stereocenters. The van der Waals surface area contributed by atoms with Crippen molar-refractivity contribution in [3.8, 4) is 11.5 Å². The smallest absolute Gasteiger partial charge is 0.256 e. The third-order valence-corrected chi connectivity index (χ3v) is 7.53. The van der Waals surface area contributed by atoms with Crippen molar-refractivity contribution in [3.63, 3.8) is 0 Å². The molecule has 0 radical (unpaired) electrons. The van der Waals surface area contributed by atoms with E-state index < -0.39 is 0 Å². The molecule has 186 valence electrons. The quantitative estimate of drug-likeness (QED) is 0.402. The van der Waals surface area contributed by atoms with Crippen LogP contribution >= 0.6 is 0 Å². The van der Waals surface area contributed by atoms with Gasteiger partial charge in [0, 0.05) is 42.3 Å². The van der Waals surface area contributed by atoms with Crippen LogP contribution in [-0.4, -0.2) is 45.0 Å². The molecule has 0 spiro atoms. The van der Waals surface area contributed by atoms with Crippen molar-refractivity contribution in [2.24, 2.45) is 5.92 Å². The molecule has 36 heavy (non-hydrogen) atoms. The highest BCUT2D eigenvalue weighted by Gasteiger charge is 2.37. The number of amides is 2. The van der Waals surface area contributed by atoms with Gasteiger partial charge in [-0.3, -0.25) is 9.59 Å². The summed E-state index contributed by atoms with van der Waals surface area (Å²) in [5.74, 6) is 2.28. The SMILES string of the molecule is Cc1oc2cc(Oc3ccnn4cc(C(=O)N5[C@@H](C)C[C@@H]5C)c(C)c34)ccc2c1C(=O)NCC1CC1. The average molecular weight is 487 g/mol. The number of carbonyl (C=O) groups is 2. The molecule has 1 aliphatic carbocycles. The van der Waals surface area contributed by atoms with Gasteiger partial charge in [-0.2, -0.15) is 5.10 Å². The van der Waals surface area contributed by atoms with Gasteiger partial charge in [0.15, 0.2) is 5.75 Å². The molecular formula is C28H30N4O4. The van der Waals surface area contributed by atoms with E-state index in [1.54, 1.807) is 36.0 Å². The molecule has 1 N–H and O–H groups in total. The van der Waals surface area contributed by atoms with Crippen LogP contribution in [0.1, 0.15) is 65.1 Å². The summed E-state index contributed by atoms with van der Waals surface area (Å²) in [6.45, 7) is 8.59. The Morgan fingerprint density at radius 3 is 2.67 bits per heavy atom. The largest absolute Gasteiger partial charge is 0.460 e. The fourth-order valence-corrected chi connectivity index (χ4v) is 5.40. The Bertz CT molecular complexity index is 1510. The first-order chi connectivity index (χ1) is 17.3. The maximum atomic E-state index is 13.2. The molecule has 2 atom stereocenters. The minimum Gasteiger partial charge on any atom is -0.460 e. The zero-order valence-electron chi connectivity index (χ0n) is 21.0. The van der Waals surface area contributed by atoms with Gasteiger partial charge in [-0.1, -0.05) is 0 Å². The minimum absolute atomic E-state index is 0.0233. The van der Waals surface area contributed by atoms with Crippen LogP contribution in [0.2, 0.25) is 0 Å². The van der Waals surface area contributed by atoms with Crippen LogP contribution in [-0.2, 0) is 0 Å². The van der Waals surface area contributed by atoms with Gasteiger partial charge in [0.25, 0.3) is 11.8 Å². The second kappa shape index (κ2) is 8.40. The lowest BCUT2D eigenvalue weighted by Crippen LogP contribution is -2.55. The standard InChI is InChI=1S/C28H30N4O4/c1-15-11-16(2)32(15)28(34)22-14-31-26(17(22)3)23(9-10-30-31)36-20-7-8-21-24(12-20)35-18(4)25(21)27(33)29-13-19-5-6-19/h7-10,12,14-16,19H,5-6,11,13H2,1-4H3,(H,29,33)/t15-,16-/m0/s1. The molecule has 2 fully saturated rings. The van der Waals surface area contributed by atoms with E-state index in [0.29, 0.717) is 46.4 Å². The number of aryl methyl sites for hydroxylation is 2. The third kappa shape index (κ3) is 3.72. The highest BCUT2D eigenvalue weighted by atomic mass is 16.5. The highest BCUT2D eigenvalue weighted by molar-refractivity contribution is 6.07. The number of fused-ring (bicyclic) bond motifs is 2. The molecule has 3 aromatic heterocycles. The van der Waals surface area contributed by atoms with Gasteiger partial charge >= 0.3 is 0 Å². The van der Waals surface area contributed by atoms with E-state index in [4.69, 9.17) is 9.15 Å². The fraction of sp³-hybridized carbons (Fsp3) is 0.393. The summed E-state index contributed by atoms with van der Waals surface area (Å²) in [4.78, 5) is 27.9. The summed E-state index contributed by atoms with van der Waals surface area (Å²) in [5, 5.41) is 8.19. The van der Waals surface area contributed by atoms with Crippen molar-refractivity contribution in [3.05, 3.63) is 59.1 Å². The van der Waals surface area contributed by atoms with E-state index in [1.165, 1.54) is 12.8 Å². The second-order valence-corrected chi connectivity index (χ2v) is 10.2. The molecule has 1 aromatic carbocycles. The van der Waals surface area contributed by atoms with E-state index in [9.17, 15) is 9.59 Å². The van der Waals surface area contributed by atoms with Crippen LogP contribution < -0.4 is 10.1 Å². The number of rotatable bonds is 6. The number of benzene rings is 1. The summed E-state index contributed by atoms with van der Waals surface area (Å²) in [6, 6.07) is 7.76. The van der Waals surface area contributed by atoms with Gasteiger partial charge in [-0.25, -0.2) is 4.52 Å². The zero-order chi connectivity index (χ0) is 25.1. The Morgan fingerprint density at radius 1 is 1.17 bits per heavy atom. The highest BCUT2D eigenvalue weighted by Crippen LogP contribution is 2.35. The zero-order valence-corrected chi connectivity index (χ0v) is 21.0. The topological polar surface area (TPSA) is 89.1 Å². The van der Waals surface area contributed by atoms with Crippen molar-refractivity contribution in [2.45, 2.75) is 59.0 Å². The molecule has 1 saturated heterocycles. The first-order valence-electron chi connectivity index (χ1n) is 12.6. The molecule has 1 saturated carbocycles. The fourth-order valence-electron chi connectivity index (χ4n) is 5.40. The molecule has 0 bridgehead atoms. The van der Waals surface area contributed by atoms with E-state index in [-0.39, 0.29) is 23.9 Å². The van der Waals surface area contributed by atoms with Crippen LogP contribution in [0.3, 0.4) is 0 Å². The van der Waals surface area contributed by atoms with Crippen molar-refractivity contribution in [1.82, 2.24) is 19.8 Å². The predicted octanol–water partition coefficient (Wildman–Crippen LogP) is 5.25. The molecule has 2 amide bonds. The van der Waals surface area contributed by atoms with Crippen molar-refractivity contribution >= 4 is 28.3 Å². The van der Waals surface area contributed by atoms with Crippen molar-refractivity contribution in [1.29, 1.82) is 0 Å². The number of nitrogens with zero attached hydrogens (tertiary/aromatic N) is 3. The molecule has 8 nitrogen and oxygen atoms in total. The van der Waals surface area contributed by atoms with Crippen LogP contribution in [0.5, 0.6) is 11.5 Å². The predicted molar refractivity (Wildman–Crippen MR) is 136 cm³/mol. The maximum Gasteiger partial charge on any atom is 0.256 e. The van der Waals surface area contributed by atoms with Gasteiger partial charge in [0.2, 0.25) is 0 Å². The molecule has 8 heteroatoms. The van der Waals surface area contributed by atoms with Crippen LogP contribution in [0.25, 0.3) is 16.5 Å².